The van der Waals surface area contributed by atoms with E-state index in [1.165, 1.54) is 0 Å². The van der Waals surface area contributed by atoms with Crippen molar-refractivity contribution in [3.05, 3.63) is 35.4 Å². The minimum Gasteiger partial charge on any atom is -0.353 e. The van der Waals surface area contributed by atoms with Gasteiger partial charge in [0, 0.05) is 31.1 Å². The monoisotopic (exact) mass is 254 g/mol. The van der Waals surface area contributed by atoms with Gasteiger partial charge in [0.2, 0.25) is 5.91 Å². The number of rotatable bonds is 6. The lowest BCUT2D eigenvalue weighted by atomic mass is 10.2. The molecule has 5 heteroatoms. The van der Waals surface area contributed by atoms with Crippen molar-refractivity contribution < 1.29 is 13.6 Å². The fourth-order valence-electron chi connectivity index (χ4n) is 1.63. The molecule has 2 rings (SSSR count). The van der Waals surface area contributed by atoms with E-state index in [9.17, 15) is 13.6 Å². The maximum atomic E-state index is 13.2. The van der Waals surface area contributed by atoms with E-state index >= 15 is 0 Å². The highest BCUT2D eigenvalue weighted by Gasteiger charge is 2.22. The van der Waals surface area contributed by atoms with Crippen molar-refractivity contribution in [1.29, 1.82) is 0 Å². The number of nitrogens with one attached hydrogen (secondary N) is 2. The van der Waals surface area contributed by atoms with Gasteiger partial charge >= 0.3 is 0 Å². The first-order valence-corrected chi connectivity index (χ1v) is 6.09. The van der Waals surface area contributed by atoms with Crippen molar-refractivity contribution in [2.24, 2.45) is 0 Å². The highest BCUT2D eigenvalue weighted by molar-refractivity contribution is 5.76. The van der Waals surface area contributed by atoms with Crippen molar-refractivity contribution >= 4 is 5.91 Å². The molecule has 0 spiro atoms. The van der Waals surface area contributed by atoms with Crippen LogP contribution in [-0.2, 0) is 11.3 Å². The molecule has 0 unspecified atom stereocenters. The third kappa shape index (κ3) is 4.07. The molecule has 0 atom stereocenters. The van der Waals surface area contributed by atoms with E-state index < -0.39 is 11.6 Å². The molecule has 0 saturated heterocycles. The van der Waals surface area contributed by atoms with Crippen LogP contribution in [0.4, 0.5) is 8.78 Å². The number of hydrogen-bond donors (Lipinski definition) is 2. The summed E-state index contributed by atoms with van der Waals surface area (Å²) in [6, 6.07) is 3.71. The summed E-state index contributed by atoms with van der Waals surface area (Å²) < 4.78 is 26.1. The van der Waals surface area contributed by atoms with E-state index in [-0.39, 0.29) is 18.0 Å². The molecule has 1 aliphatic carbocycles. The van der Waals surface area contributed by atoms with Crippen LogP contribution in [0.5, 0.6) is 0 Å². The van der Waals surface area contributed by atoms with Crippen LogP contribution in [0.25, 0.3) is 0 Å². The molecule has 1 aliphatic rings. The predicted octanol–water partition coefficient (Wildman–Crippen LogP) is 1.72. The Kier molecular flexibility index (Phi) is 4.25. The summed E-state index contributed by atoms with van der Waals surface area (Å²) in [5.74, 6) is -0.893. The molecule has 1 aromatic carbocycles. The minimum absolute atomic E-state index is 0.00436. The molecule has 1 fully saturated rings. The van der Waals surface area contributed by atoms with E-state index in [1.54, 1.807) is 0 Å². The zero-order chi connectivity index (χ0) is 13.0. The Morgan fingerprint density at radius 1 is 1.33 bits per heavy atom. The summed E-state index contributed by atoms with van der Waals surface area (Å²) in [5, 5.41) is 5.79. The highest BCUT2D eigenvalue weighted by atomic mass is 19.1. The number of halogens is 2. The largest absolute Gasteiger partial charge is 0.353 e. The Hall–Kier alpha value is -1.49. The van der Waals surface area contributed by atoms with Crippen LogP contribution in [0.3, 0.4) is 0 Å². The molecule has 0 heterocycles. The van der Waals surface area contributed by atoms with Crippen LogP contribution >= 0.6 is 0 Å². The Morgan fingerprint density at radius 3 is 2.83 bits per heavy atom. The first kappa shape index (κ1) is 13.0. The molecular formula is C13H16F2N2O. The molecule has 0 bridgehead atoms. The minimum atomic E-state index is -0.459. The van der Waals surface area contributed by atoms with Gasteiger partial charge in [-0.1, -0.05) is 0 Å². The number of carbonyl (C=O) groups excluding carboxylic acids is 1. The number of amides is 1. The second-order valence-electron chi connectivity index (χ2n) is 4.50. The molecule has 18 heavy (non-hydrogen) atoms. The van der Waals surface area contributed by atoms with E-state index in [2.05, 4.69) is 10.6 Å². The maximum Gasteiger partial charge on any atom is 0.221 e. The van der Waals surface area contributed by atoms with Gasteiger partial charge in [0.25, 0.3) is 0 Å². The standard InChI is InChI=1S/C13H16F2N2O/c14-10-1-4-12(15)9(7-10)8-16-6-5-13(18)17-11-2-3-11/h1,4,7,11,16H,2-3,5-6,8H2,(H,17,18). The lowest BCUT2D eigenvalue weighted by Crippen LogP contribution is -2.29. The van der Waals surface area contributed by atoms with E-state index in [4.69, 9.17) is 0 Å². The molecule has 98 valence electrons. The van der Waals surface area contributed by atoms with Crippen molar-refractivity contribution in [2.45, 2.75) is 31.8 Å². The summed E-state index contributed by atoms with van der Waals surface area (Å²) >= 11 is 0. The number of benzene rings is 1. The van der Waals surface area contributed by atoms with E-state index in [0.29, 0.717) is 19.0 Å². The van der Waals surface area contributed by atoms with Crippen LogP contribution in [0.15, 0.2) is 18.2 Å². The predicted molar refractivity (Wildman–Crippen MR) is 63.8 cm³/mol. The van der Waals surface area contributed by atoms with Gasteiger partial charge < -0.3 is 10.6 Å². The number of carbonyl (C=O) groups is 1. The molecule has 3 nitrogen and oxygen atoms in total. The van der Waals surface area contributed by atoms with Gasteiger partial charge in [-0.15, -0.1) is 0 Å². The summed E-state index contributed by atoms with van der Waals surface area (Å²) in [4.78, 5) is 11.3. The zero-order valence-electron chi connectivity index (χ0n) is 10.0. The zero-order valence-corrected chi connectivity index (χ0v) is 10.0. The Balaban J connectivity index is 1.67. The summed E-state index contributed by atoms with van der Waals surface area (Å²) in [6.45, 7) is 0.675. The normalized spacial score (nSPS) is 14.6. The van der Waals surface area contributed by atoms with Crippen LogP contribution in [0, 0.1) is 11.6 Å². The Bertz CT molecular complexity index is 433. The van der Waals surface area contributed by atoms with E-state index in [0.717, 1.165) is 31.0 Å². The second kappa shape index (κ2) is 5.91. The Morgan fingerprint density at radius 2 is 2.11 bits per heavy atom. The smallest absolute Gasteiger partial charge is 0.221 e. The summed E-state index contributed by atoms with van der Waals surface area (Å²) in [6.07, 6.45) is 2.48. The fraction of sp³-hybridized carbons (Fsp3) is 0.462. The summed E-state index contributed by atoms with van der Waals surface area (Å²) in [5.41, 5.74) is 0.276. The average molecular weight is 254 g/mol. The highest BCUT2D eigenvalue weighted by Crippen LogP contribution is 2.18. The first-order valence-electron chi connectivity index (χ1n) is 6.09. The molecule has 0 radical (unpaired) electrons. The van der Waals surface area contributed by atoms with Crippen molar-refractivity contribution in [1.82, 2.24) is 10.6 Å². The van der Waals surface area contributed by atoms with Crippen molar-refractivity contribution in [3.63, 3.8) is 0 Å². The molecular weight excluding hydrogens is 238 g/mol. The van der Waals surface area contributed by atoms with Gasteiger partial charge in [0.15, 0.2) is 0 Å². The number of hydrogen-bond acceptors (Lipinski definition) is 2. The van der Waals surface area contributed by atoms with Gasteiger partial charge in [-0.25, -0.2) is 8.78 Å². The topological polar surface area (TPSA) is 41.1 Å². The van der Waals surface area contributed by atoms with Crippen LogP contribution in [0.2, 0.25) is 0 Å². The SMILES string of the molecule is O=C(CCNCc1cc(F)ccc1F)NC1CC1. The van der Waals surface area contributed by atoms with Crippen molar-refractivity contribution in [3.8, 4) is 0 Å². The lowest BCUT2D eigenvalue weighted by Gasteiger charge is -2.06. The molecule has 1 saturated carbocycles. The first-order chi connectivity index (χ1) is 8.65. The van der Waals surface area contributed by atoms with Gasteiger partial charge in [0.1, 0.15) is 11.6 Å². The third-order valence-corrected chi connectivity index (χ3v) is 2.79. The molecule has 0 aliphatic heterocycles. The fourth-order valence-corrected chi connectivity index (χ4v) is 1.63. The Labute approximate surface area is 105 Å². The van der Waals surface area contributed by atoms with Gasteiger partial charge in [0.05, 0.1) is 0 Å². The quantitative estimate of drug-likeness (QED) is 0.759. The average Bonchev–Trinajstić information content (AvgIpc) is 3.13. The van der Waals surface area contributed by atoms with Gasteiger partial charge in [-0.3, -0.25) is 4.79 Å². The molecule has 0 aromatic heterocycles. The molecule has 1 amide bonds. The molecule has 2 N–H and O–H groups in total. The third-order valence-electron chi connectivity index (χ3n) is 2.79. The van der Waals surface area contributed by atoms with Crippen LogP contribution in [0.1, 0.15) is 24.8 Å². The van der Waals surface area contributed by atoms with Gasteiger partial charge in [-0.2, -0.15) is 0 Å². The van der Waals surface area contributed by atoms with Crippen molar-refractivity contribution in [2.75, 3.05) is 6.54 Å². The maximum absolute atomic E-state index is 13.2. The van der Waals surface area contributed by atoms with E-state index in [1.807, 2.05) is 0 Å². The van der Waals surface area contributed by atoms with Crippen LogP contribution in [-0.4, -0.2) is 18.5 Å². The van der Waals surface area contributed by atoms with Crippen LogP contribution < -0.4 is 10.6 Å². The second-order valence-corrected chi connectivity index (χ2v) is 4.50. The lowest BCUT2D eigenvalue weighted by molar-refractivity contribution is -0.121. The van der Waals surface area contributed by atoms with Gasteiger partial charge in [-0.05, 0) is 31.0 Å². The summed E-state index contributed by atoms with van der Waals surface area (Å²) in [7, 11) is 0. The molecule has 1 aromatic rings.